The van der Waals surface area contributed by atoms with Crippen molar-refractivity contribution in [2.45, 2.75) is 0 Å². The highest BCUT2D eigenvalue weighted by atomic mass is 79.9. The van der Waals surface area contributed by atoms with Crippen LogP contribution in [0, 0.1) is 0 Å². The van der Waals surface area contributed by atoms with E-state index in [9.17, 15) is 4.79 Å². The Morgan fingerprint density at radius 2 is 2.21 bits per heavy atom. The van der Waals surface area contributed by atoms with Crippen LogP contribution in [0.25, 0.3) is 10.9 Å². The fourth-order valence-electron chi connectivity index (χ4n) is 1.22. The number of hydrogen-bond acceptors (Lipinski definition) is 2. The predicted octanol–water partition coefficient (Wildman–Crippen LogP) is 2.35. The highest BCUT2D eigenvalue weighted by Gasteiger charge is 2.05. The molecule has 1 aromatic carbocycles. The van der Waals surface area contributed by atoms with Crippen LogP contribution in [0.3, 0.4) is 0 Å². The van der Waals surface area contributed by atoms with Gasteiger partial charge in [-0.1, -0.05) is 15.9 Å². The molecule has 0 bridgehead atoms. The molecule has 0 radical (unpaired) electrons. The highest BCUT2D eigenvalue weighted by molar-refractivity contribution is 9.10. The van der Waals surface area contributed by atoms with E-state index in [1.54, 1.807) is 19.2 Å². The Morgan fingerprint density at radius 1 is 1.50 bits per heavy atom. The molecule has 0 atom stereocenters. The zero-order valence-electron chi connectivity index (χ0n) is 7.29. The van der Waals surface area contributed by atoms with Gasteiger partial charge < -0.3 is 0 Å². The van der Waals surface area contributed by atoms with Gasteiger partial charge in [0.2, 0.25) is 5.28 Å². The molecule has 0 fully saturated rings. The van der Waals surface area contributed by atoms with Crippen LogP contribution in [0.2, 0.25) is 5.28 Å². The van der Waals surface area contributed by atoms with Gasteiger partial charge >= 0.3 is 0 Å². The first-order valence-electron chi connectivity index (χ1n) is 3.91. The molecule has 0 spiro atoms. The summed E-state index contributed by atoms with van der Waals surface area (Å²) in [4.78, 5) is 15.8. The lowest BCUT2D eigenvalue weighted by atomic mass is 10.2. The van der Waals surface area contributed by atoms with E-state index in [1.165, 1.54) is 4.57 Å². The minimum Gasteiger partial charge on any atom is -0.286 e. The predicted molar refractivity (Wildman–Crippen MR) is 59.7 cm³/mol. The summed E-state index contributed by atoms with van der Waals surface area (Å²) < 4.78 is 2.17. The Bertz CT molecular complexity index is 564. The first-order valence-corrected chi connectivity index (χ1v) is 5.08. The molecule has 0 aliphatic heterocycles. The summed E-state index contributed by atoms with van der Waals surface area (Å²) in [6.07, 6.45) is 0. The largest absolute Gasteiger partial charge is 0.286 e. The number of hydrogen-bond donors (Lipinski definition) is 0. The van der Waals surface area contributed by atoms with Crippen molar-refractivity contribution in [2.24, 2.45) is 7.05 Å². The van der Waals surface area contributed by atoms with Crippen molar-refractivity contribution in [3.63, 3.8) is 0 Å². The van der Waals surface area contributed by atoms with Crippen LogP contribution < -0.4 is 5.56 Å². The molecule has 2 aromatic rings. The number of halogens is 2. The molecule has 0 saturated heterocycles. The van der Waals surface area contributed by atoms with Gasteiger partial charge in [0.05, 0.1) is 10.9 Å². The van der Waals surface area contributed by atoms with Crippen molar-refractivity contribution < 1.29 is 0 Å². The second-order valence-electron chi connectivity index (χ2n) is 2.91. The maximum absolute atomic E-state index is 11.7. The SMILES string of the molecule is Cn1c(Cl)nc2ccc(Br)cc2c1=O. The average Bonchev–Trinajstić information content (AvgIpc) is 2.16. The molecule has 1 aromatic heterocycles. The monoisotopic (exact) mass is 272 g/mol. The summed E-state index contributed by atoms with van der Waals surface area (Å²) in [5.74, 6) is 0. The first-order chi connectivity index (χ1) is 6.59. The van der Waals surface area contributed by atoms with Crippen molar-refractivity contribution >= 4 is 38.4 Å². The van der Waals surface area contributed by atoms with Crippen molar-refractivity contribution in [3.8, 4) is 0 Å². The van der Waals surface area contributed by atoms with E-state index in [1.807, 2.05) is 6.07 Å². The normalized spacial score (nSPS) is 10.8. The quantitative estimate of drug-likeness (QED) is 0.691. The Hall–Kier alpha value is -0.870. The van der Waals surface area contributed by atoms with Crippen LogP contribution >= 0.6 is 27.5 Å². The van der Waals surface area contributed by atoms with Crippen LogP contribution in [0.1, 0.15) is 0 Å². The van der Waals surface area contributed by atoms with E-state index in [2.05, 4.69) is 20.9 Å². The van der Waals surface area contributed by atoms with E-state index in [0.717, 1.165) is 4.47 Å². The molecule has 0 N–H and O–H groups in total. The molecule has 5 heteroatoms. The molecule has 72 valence electrons. The minimum absolute atomic E-state index is 0.138. The summed E-state index contributed by atoms with van der Waals surface area (Å²) in [5.41, 5.74) is 0.475. The van der Waals surface area contributed by atoms with Crippen LogP contribution in [-0.2, 0) is 7.05 Å². The van der Waals surface area contributed by atoms with E-state index in [-0.39, 0.29) is 10.8 Å². The van der Waals surface area contributed by atoms with Crippen molar-refractivity contribution in [1.82, 2.24) is 9.55 Å². The van der Waals surface area contributed by atoms with Gasteiger partial charge in [0.1, 0.15) is 0 Å². The highest BCUT2D eigenvalue weighted by Crippen LogP contribution is 2.16. The standard InChI is InChI=1S/C9H6BrClN2O/c1-13-8(14)6-4-5(10)2-3-7(6)12-9(13)11/h2-4H,1H3. The Balaban J connectivity index is 2.99. The maximum Gasteiger partial charge on any atom is 0.262 e. The average molecular weight is 274 g/mol. The summed E-state index contributed by atoms with van der Waals surface area (Å²) in [6.45, 7) is 0. The molecule has 0 amide bonds. The molecule has 14 heavy (non-hydrogen) atoms. The van der Waals surface area contributed by atoms with E-state index in [0.29, 0.717) is 10.9 Å². The number of fused-ring (bicyclic) bond motifs is 1. The third-order valence-electron chi connectivity index (χ3n) is 1.98. The summed E-state index contributed by atoms with van der Waals surface area (Å²) in [6, 6.07) is 5.32. The fourth-order valence-corrected chi connectivity index (χ4v) is 1.74. The molecule has 0 aliphatic rings. The molecular formula is C9H6BrClN2O. The molecule has 0 aliphatic carbocycles. The zero-order valence-corrected chi connectivity index (χ0v) is 9.63. The first kappa shape index (κ1) is 9.68. The number of benzene rings is 1. The maximum atomic E-state index is 11.7. The van der Waals surface area contributed by atoms with Crippen LogP contribution in [-0.4, -0.2) is 9.55 Å². The lowest BCUT2D eigenvalue weighted by Gasteiger charge is -2.03. The van der Waals surface area contributed by atoms with Gasteiger partial charge in [0.15, 0.2) is 0 Å². The van der Waals surface area contributed by atoms with E-state index < -0.39 is 0 Å². The van der Waals surface area contributed by atoms with Crippen LogP contribution in [0.5, 0.6) is 0 Å². The van der Waals surface area contributed by atoms with Gasteiger partial charge in [-0.2, -0.15) is 0 Å². The van der Waals surface area contributed by atoms with Gasteiger partial charge in [-0.15, -0.1) is 0 Å². The summed E-state index contributed by atoms with van der Waals surface area (Å²) >= 11 is 9.07. The number of rotatable bonds is 0. The van der Waals surface area contributed by atoms with Crippen LogP contribution in [0.4, 0.5) is 0 Å². The van der Waals surface area contributed by atoms with E-state index in [4.69, 9.17) is 11.6 Å². The van der Waals surface area contributed by atoms with Crippen molar-refractivity contribution in [1.29, 1.82) is 0 Å². The fraction of sp³-hybridized carbons (Fsp3) is 0.111. The molecule has 3 nitrogen and oxygen atoms in total. The molecular weight excluding hydrogens is 267 g/mol. The third kappa shape index (κ3) is 1.44. The number of nitrogens with zero attached hydrogens (tertiary/aromatic N) is 2. The lowest BCUT2D eigenvalue weighted by molar-refractivity contribution is 0.844. The Kier molecular flexibility index (Phi) is 2.33. The molecule has 0 unspecified atom stereocenters. The summed E-state index contributed by atoms with van der Waals surface area (Å²) in [7, 11) is 1.60. The zero-order chi connectivity index (χ0) is 10.3. The Labute approximate surface area is 93.5 Å². The Morgan fingerprint density at radius 3 is 2.93 bits per heavy atom. The van der Waals surface area contributed by atoms with Crippen molar-refractivity contribution in [2.75, 3.05) is 0 Å². The van der Waals surface area contributed by atoms with Gasteiger partial charge in [-0.3, -0.25) is 9.36 Å². The van der Waals surface area contributed by atoms with Gasteiger partial charge in [0.25, 0.3) is 5.56 Å². The number of aromatic nitrogens is 2. The summed E-state index contributed by atoms with van der Waals surface area (Å²) in [5, 5.41) is 0.760. The smallest absolute Gasteiger partial charge is 0.262 e. The molecule has 0 saturated carbocycles. The van der Waals surface area contributed by atoms with Crippen molar-refractivity contribution in [3.05, 3.63) is 38.3 Å². The second-order valence-corrected chi connectivity index (χ2v) is 4.16. The second kappa shape index (κ2) is 3.37. The van der Waals surface area contributed by atoms with Crippen LogP contribution in [0.15, 0.2) is 27.5 Å². The van der Waals surface area contributed by atoms with Gasteiger partial charge in [-0.05, 0) is 29.8 Å². The molecule has 2 rings (SSSR count). The topological polar surface area (TPSA) is 34.9 Å². The minimum atomic E-state index is -0.138. The third-order valence-corrected chi connectivity index (χ3v) is 2.81. The van der Waals surface area contributed by atoms with Gasteiger partial charge in [0, 0.05) is 11.5 Å². The lowest BCUT2D eigenvalue weighted by Crippen LogP contribution is -2.18. The molecule has 1 heterocycles. The van der Waals surface area contributed by atoms with E-state index >= 15 is 0 Å². The van der Waals surface area contributed by atoms with Gasteiger partial charge in [-0.25, -0.2) is 4.98 Å².